The SMILES string of the molecule is COCCNCc1c(F)cccc1N(C)C1CC1. The second-order valence-corrected chi connectivity index (χ2v) is 4.75. The Labute approximate surface area is 108 Å². The molecule has 0 heterocycles. The number of rotatable bonds is 7. The number of benzene rings is 1. The molecule has 0 amide bonds. The van der Waals surface area contributed by atoms with E-state index in [4.69, 9.17) is 4.74 Å². The topological polar surface area (TPSA) is 24.5 Å². The van der Waals surface area contributed by atoms with Crippen molar-refractivity contribution in [2.45, 2.75) is 25.4 Å². The fourth-order valence-corrected chi connectivity index (χ4v) is 2.10. The first kappa shape index (κ1) is 13.3. The summed E-state index contributed by atoms with van der Waals surface area (Å²) in [6, 6.07) is 5.89. The molecule has 3 nitrogen and oxygen atoms in total. The predicted octanol–water partition coefficient (Wildman–Crippen LogP) is 2.16. The van der Waals surface area contributed by atoms with Crippen molar-refractivity contribution in [1.82, 2.24) is 5.32 Å². The summed E-state index contributed by atoms with van der Waals surface area (Å²) in [5.74, 6) is -0.134. The van der Waals surface area contributed by atoms with Crippen LogP contribution in [0.3, 0.4) is 0 Å². The van der Waals surface area contributed by atoms with Gasteiger partial charge in [-0.15, -0.1) is 0 Å². The zero-order valence-electron chi connectivity index (χ0n) is 11.1. The molecule has 2 rings (SSSR count). The standard InChI is InChI=1S/C14H21FN2O/c1-17(11-6-7-11)14-5-3-4-13(15)12(14)10-16-8-9-18-2/h3-5,11,16H,6-10H2,1-2H3. The monoisotopic (exact) mass is 252 g/mol. The first-order chi connectivity index (χ1) is 8.74. The van der Waals surface area contributed by atoms with Crippen molar-refractivity contribution in [3.63, 3.8) is 0 Å². The summed E-state index contributed by atoms with van der Waals surface area (Å²) >= 11 is 0. The molecule has 1 aromatic carbocycles. The molecule has 1 fully saturated rings. The molecule has 0 saturated heterocycles. The smallest absolute Gasteiger partial charge is 0.129 e. The molecule has 1 aliphatic rings. The number of halogens is 1. The summed E-state index contributed by atoms with van der Waals surface area (Å²) < 4.78 is 18.9. The fraction of sp³-hybridized carbons (Fsp3) is 0.571. The third-order valence-electron chi connectivity index (χ3n) is 3.35. The van der Waals surface area contributed by atoms with Crippen molar-refractivity contribution >= 4 is 5.69 Å². The van der Waals surface area contributed by atoms with Gasteiger partial charge in [0, 0.05) is 44.5 Å². The molecule has 1 N–H and O–H groups in total. The largest absolute Gasteiger partial charge is 0.383 e. The minimum atomic E-state index is -0.134. The van der Waals surface area contributed by atoms with Gasteiger partial charge < -0.3 is 15.0 Å². The molecule has 0 aromatic heterocycles. The minimum Gasteiger partial charge on any atom is -0.383 e. The zero-order chi connectivity index (χ0) is 13.0. The molecule has 1 aliphatic carbocycles. The maximum absolute atomic E-state index is 13.9. The molecule has 4 heteroatoms. The lowest BCUT2D eigenvalue weighted by molar-refractivity contribution is 0.199. The van der Waals surface area contributed by atoms with Gasteiger partial charge in [-0.25, -0.2) is 4.39 Å². The number of methoxy groups -OCH3 is 1. The number of hydrogen-bond donors (Lipinski definition) is 1. The molecule has 0 spiro atoms. The average Bonchev–Trinajstić information content (AvgIpc) is 3.19. The molecule has 0 aliphatic heterocycles. The van der Waals surface area contributed by atoms with Crippen LogP contribution in [0.1, 0.15) is 18.4 Å². The van der Waals surface area contributed by atoms with E-state index in [1.54, 1.807) is 13.2 Å². The fourth-order valence-electron chi connectivity index (χ4n) is 2.10. The molecule has 1 saturated carbocycles. The van der Waals surface area contributed by atoms with Crippen LogP contribution < -0.4 is 10.2 Å². The summed E-state index contributed by atoms with van der Waals surface area (Å²) in [6.07, 6.45) is 2.42. The summed E-state index contributed by atoms with van der Waals surface area (Å²) in [6.45, 7) is 1.92. The van der Waals surface area contributed by atoms with Crippen LogP contribution in [-0.4, -0.2) is 33.4 Å². The highest BCUT2D eigenvalue weighted by atomic mass is 19.1. The van der Waals surface area contributed by atoms with E-state index in [1.807, 2.05) is 13.1 Å². The molecule has 100 valence electrons. The van der Waals surface area contributed by atoms with Gasteiger partial charge in [0.25, 0.3) is 0 Å². The Hall–Kier alpha value is -1.13. The Bertz CT molecular complexity index is 393. The lowest BCUT2D eigenvalue weighted by Crippen LogP contribution is -2.25. The molecular formula is C14H21FN2O. The highest BCUT2D eigenvalue weighted by molar-refractivity contribution is 5.55. The Morgan fingerprint density at radius 2 is 2.22 bits per heavy atom. The van der Waals surface area contributed by atoms with Gasteiger partial charge >= 0.3 is 0 Å². The number of anilines is 1. The van der Waals surface area contributed by atoms with Gasteiger partial charge in [0.1, 0.15) is 5.82 Å². The molecule has 18 heavy (non-hydrogen) atoms. The van der Waals surface area contributed by atoms with Crippen molar-refractivity contribution in [1.29, 1.82) is 0 Å². The van der Waals surface area contributed by atoms with E-state index in [0.29, 0.717) is 19.2 Å². The van der Waals surface area contributed by atoms with E-state index >= 15 is 0 Å². The van der Waals surface area contributed by atoms with Crippen LogP contribution in [-0.2, 0) is 11.3 Å². The Morgan fingerprint density at radius 3 is 2.89 bits per heavy atom. The van der Waals surface area contributed by atoms with Gasteiger partial charge in [-0.1, -0.05) is 6.07 Å². The molecule has 0 bridgehead atoms. The first-order valence-corrected chi connectivity index (χ1v) is 6.44. The maximum atomic E-state index is 13.9. The lowest BCUT2D eigenvalue weighted by Gasteiger charge is -2.22. The van der Waals surface area contributed by atoms with E-state index in [9.17, 15) is 4.39 Å². The number of nitrogens with one attached hydrogen (secondary N) is 1. The van der Waals surface area contributed by atoms with Crippen LogP contribution in [0, 0.1) is 5.82 Å². The van der Waals surface area contributed by atoms with E-state index in [1.165, 1.54) is 18.9 Å². The normalized spacial score (nSPS) is 14.8. The van der Waals surface area contributed by atoms with E-state index < -0.39 is 0 Å². The Morgan fingerprint density at radius 1 is 1.44 bits per heavy atom. The summed E-state index contributed by atoms with van der Waals surface area (Å²) in [5.41, 5.74) is 1.76. The van der Waals surface area contributed by atoms with E-state index in [2.05, 4.69) is 10.2 Å². The Balaban J connectivity index is 2.05. The molecule has 0 radical (unpaired) electrons. The van der Waals surface area contributed by atoms with Crippen LogP contribution in [0.5, 0.6) is 0 Å². The van der Waals surface area contributed by atoms with Gasteiger partial charge in [-0.05, 0) is 25.0 Å². The number of nitrogens with zero attached hydrogens (tertiary/aromatic N) is 1. The van der Waals surface area contributed by atoms with Crippen LogP contribution in [0.2, 0.25) is 0 Å². The van der Waals surface area contributed by atoms with Crippen molar-refractivity contribution in [3.05, 3.63) is 29.6 Å². The highest BCUT2D eigenvalue weighted by Gasteiger charge is 2.28. The summed E-state index contributed by atoms with van der Waals surface area (Å²) in [5, 5.41) is 3.21. The highest BCUT2D eigenvalue weighted by Crippen LogP contribution is 2.32. The molecule has 0 atom stereocenters. The first-order valence-electron chi connectivity index (χ1n) is 6.44. The molecular weight excluding hydrogens is 231 g/mol. The van der Waals surface area contributed by atoms with E-state index in [0.717, 1.165) is 17.8 Å². The minimum absolute atomic E-state index is 0.134. The van der Waals surface area contributed by atoms with Crippen LogP contribution in [0.4, 0.5) is 10.1 Å². The lowest BCUT2D eigenvalue weighted by atomic mass is 10.1. The second-order valence-electron chi connectivity index (χ2n) is 4.75. The van der Waals surface area contributed by atoms with Crippen molar-refractivity contribution < 1.29 is 9.13 Å². The quantitative estimate of drug-likeness (QED) is 0.753. The van der Waals surface area contributed by atoms with Crippen molar-refractivity contribution in [2.75, 3.05) is 32.2 Å². The van der Waals surface area contributed by atoms with Crippen molar-refractivity contribution in [2.24, 2.45) is 0 Å². The summed E-state index contributed by atoms with van der Waals surface area (Å²) in [7, 11) is 3.71. The zero-order valence-corrected chi connectivity index (χ0v) is 11.1. The van der Waals surface area contributed by atoms with Gasteiger partial charge in [-0.3, -0.25) is 0 Å². The average molecular weight is 252 g/mol. The summed E-state index contributed by atoms with van der Waals surface area (Å²) in [4.78, 5) is 2.19. The third-order valence-corrected chi connectivity index (χ3v) is 3.35. The maximum Gasteiger partial charge on any atom is 0.129 e. The van der Waals surface area contributed by atoms with Crippen LogP contribution >= 0.6 is 0 Å². The molecule has 0 unspecified atom stereocenters. The third kappa shape index (κ3) is 3.21. The van der Waals surface area contributed by atoms with Gasteiger partial charge in [0.05, 0.1) is 6.61 Å². The van der Waals surface area contributed by atoms with Gasteiger partial charge in [0.2, 0.25) is 0 Å². The Kier molecular flexibility index (Phi) is 4.55. The van der Waals surface area contributed by atoms with Crippen molar-refractivity contribution in [3.8, 4) is 0 Å². The second kappa shape index (κ2) is 6.16. The van der Waals surface area contributed by atoms with E-state index in [-0.39, 0.29) is 5.82 Å². The van der Waals surface area contributed by atoms with Crippen LogP contribution in [0.15, 0.2) is 18.2 Å². The predicted molar refractivity (Wildman–Crippen MR) is 71.4 cm³/mol. The number of hydrogen-bond acceptors (Lipinski definition) is 3. The van der Waals surface area contributed by atoms with Gasteiger partial charge in [-0.2, -0.15) is 0 Å². The van der Waals surface area contributed by atoms with Gasteiger partial charge in [0.15, 0.2) is 0 Å². The van der Waals surface area contributed by atoms with Crippen LogP contribution in [0.25, 0.3) is 0 Å². The number of ether oxygens (including phenoxy) is 1. The molecule has 1 aromatic rings.